The lowest BCUT2D eigenvalue weighted by Gasteiger charge is -2.10. The Labute approximate surface area is 79.9 Å². The van der Waals surface area contributed by atoms with E-state index in [4.69, 9.17) is 4.42 Å². The summed E-state index contributed by atoms with van der Waals surface area (Å²) in [5.41, 5.74) is 0. The lowest BCUT2D eigenvalue weighted by Crippen LogP contribution is -2.18. The molecule has 66 valence electrons. The molecule has 0 saturated carbocycles. The molecule has 1 aromatic heterocycles. The van der Waals surface area contributed by atoms with Crippen molar-refractivity contribution in [2.24, 2.45) is 0 Å². The minimum atomic E-state index is 0.719. The Balaban J connectivity index is 1.94. The molecule has 3 nitrogen and oxygen atoms in total. The zero-order valence-electron chi connectivity index (χ0n) is 6.79. The van der Waals surface area contributed by atoms with Gasteiger partial charge in [0.25, 0.3) is 0 Å². The van der Waals surface area contributed by atoms with E-state index in [2.05, 4.69) is 25.8 Å². The SMILES string of the molecule is Brc1cnc(CN2CCCC2)o1. The normalized spacial score (nSPS) is 18.8. The lowest BCUT2D eigenvalue weighted by molar-refractivity contribution is 0.288. The van der Waals surface area contributed by atoms with Gasteiger partial charge in [-0.15, -0.1) is 0 Å². The molecule has 1 aliphatic rings. The Kier molecular flexibility index (Phi) is 2.46. The van der Waals surface area contributed by atoms with Gasteiger partial charge < -0.3 is 4.42 Å². The van der Waals surface area contributed by atoms with E-state index in [-0.39, 0.29) is 0 Å². The van der Waals surface area contributed by atoms with Crippen LogP contribution in [0.2, 0.25) is 0 Å². The molecule has 1 aliphatic heterocycles. The molecule has 0 atom stereocenters. The molecule has 0 N–H and O–H groups in total. The summed E-state index contributed by atoms with van der Waals surface area (Å²) in [6.45, 7) is 3.21. The van der Waals surface area contributed by atoms with Gasteiger partial charge in [0.1, 0.15) is 0 Å². The summed E-state index contributed by atoms with van der Waals surface area (Å²) in [6, 6.07) is 0. The highest BCUT2D eigenvalue weighted by Gasteiger charge is 2.13. The maximum Gasteiger partial charge on any atom is 0.209 e. The van der Waals surface area contributed by atoms with Gasteiger partial charge >= 0.3 is 0 Å². The van der Waals surface area contributed by atoms with Crippen LogP contribution in [0.3, 0.4) is 0 Å². The van der Waals surface area contributed by atoms with Gasteiger partial charge in [0, 0.05) is 0 Å². The second-order valence-corrected chi connectivity index (χ2v) is 3.82. The highest BCUT2D eigenvalue weighted by molar-refractivity contribution is 9.10. The molecule has 0 aromatic carbocycles. The highest BCUT2D eigenvalue weighted by Crippen LogP contribution is 2.15. The third-order valence-corrected chi connectivity index (χ3v) is 2.45. The van der Waals surface area contributed by atoms with E-state index in [1.54, 1.807) is 6.20 Å². The van der Waals surface area contributed by atoms with E-state index in [1.165, 1.54) is 25.9 Å². The smallest absolute Gasteiger partial charge is 0.209 e. The van der Waals surface area contributed by atoms with Crippen molar-refractivity contribution in [3.63, 3.8) is 0 Å². The molecule has 0 spiro atoms. The third-order valence-electron chi connectivity index (χ3n) is 2.08. The lowest BCUT2D eigenvalue weighted by atomic mass is 10.4. The van der Waals surface area contributed by atoms with Gasteiger partial charge in [-0.1, -0.05) is 0 Å². The molecule has 0 aliphatic carbocycles. The number of halogens is 1. The van der Waals surface area contributed by atoms with Crippen molar-refractivity contribution in [1.82, 2.24) is 9.88 Å². The van der Waals surface area contributed by atoms with E-state index in [0.29, 0.717) is 0 Å². The number of rotatable bonds is 2. The van der Waals surface area contributed by atoms with Crippen molar-refractivity contribution in [3.05, 3.63) is 16.8 Å². The van der Waals surface area contributed by atoms with Gasteiger partial charge in [0.2, 0.25) is 5.89 Å². The van der Waals surface area contributed by atoms with E-state index in [0.717, 1.165) is 17.1 Å². The fraction of sp³-hybridized carbons (Fsp3) is 0.625. The molecule has 1 fully saturated rings. The number of oxazole rings is 1. The Morgan fingerprint density at radius 1 is 1.50 bits per heavy atom. The topological polar surface area (TPSA) is 29.3 Å². The third kappa shape index (κ3) is 1.87. The average molecular weight is 231 g/mol. The van der Waals surface area contributed by atoms with Gasteiger partial charge in [-0.2, -0.15) is 0 Å². The monoisotopic (exact) mass is 230 g/mol. The summed E-state index contributed by atoms with van der Waals surface area (Å²) in [7, 11) is 0. The van der Waals surface area contributed by atoms with Crippen LogP contribution in [-0.4, -0.2) is 23.0 Å². The summed E-state index contributed by atoms with van der Waals surface area (Å²) in [4.78, 5) is 6.48. The maximum absolute atomic E-state index is 5.31. The van der Waals surface area contributed by atoms with Crippen molar-refractivity contribution in [2.45, 2.75) is 19.4 Å². The molecule has 4 heteroatoms. The highest BCUT2D eigenvalue weighted by atomic mass is 79.9. The first-order chi connectivity index (χ1) is 5.84. The summed E-state index contributed by atoms with van der Waals surface area (Å²) in [5.74, 6) is 0.809. The van der Waals surface area contributed by atoms with Crippen LogP contribution in [0.4, 0.5) is 0 Å². The number of hydrogen-bond donors (Lipinski definition) is 0. The zero-order valence-corrected chi connectivity index (χ0v) is 8.38. The van der Waals surface area contributed by atoms with E-state index in [9.17, 15) is 0 Å². The number of nitrogens with zero attached hydrogens (tertiary/aromatic N) is 2. The molecule has 0 amide bonds. The fourth-order valence-corrected chi connectivity index (χ4v) is 1.78. The van der Waals surface area contributed by atoms with E-state index >= 15 is 0 Å². The number of aromatic nitrogens is 1. The first-order valence-electron chi connectivity index (χ1n) is 4.17. The molecule has 1 saturated heterocycles. The molecule has 2 heterocycles. The number of likely N-dealkylation sites (tertiary alicyclic amines) is 1. The van der Waals surface area contributed by atoms with Gasteiger partial charge in [0.15, 0.2) is 4.67 Å². The quantitative estimate of drug-likeness (QED) is 0.779. The average Bonchev–Trinajstić information content (AvgIpc) is 2.63. The van der Waals surface area contributed by atoms with Gasteiger partial charge in [-0.05, 0) is 41.9 Å². The van der Waals surface area contributed by atoms with Gasteiger partial charge in [-0.25, -0.2) is 4.98 Å². The van der Waals surface area contributed by atoms with Crippen LogP contribution in [0, 0.1) is 0 Å². The Morgan fingerprint density at radius 2 is 2.25 bits per heavy atom. The predicted octanol–water partition coefficient (Wildman–Crippen LogP) is 2.03. The molecule has 0 radical (unpaired) electrons. The van der Waals surface area contributed by atoms with Crippen LogP contribution in [0.25, 0.3) is 0 Å². The maximum atomic E-state index is 5.31. The molecule has 12 heavy (non-hydrogen) atoms. The molecular formula is C8H11BrN2O. The standard InChI is InChI=1S/C8H11BrN2O/c9-7-5-10-8(12-7)6-11-3-1-2-4-11/h5H,1-4,6H2. The summed E-state index contributed by atoms with van der Waals surface area (Å²) < 4.78 is 6.03. The summed E-state index contributed by atoms with van der Waals surface area (Å²) >= 11 is 3.23. The Hall–Kier alpha value is -0.350. The van der Waals surface area contributed by atoms with E-state index < -0.39 is 0 Å². The van der Waals surface area contributed by atoms with Crippen LogP contribution in [0.1, 0.15) is 18.7 Å². The molecule has 0 bridgehead atoms. The Morgan fingerprint density at radius 3 is 2.83 bits per heavy atom. The van der Waals surface area contributed by atoms with Crippen molar-refractivity contribution in [2.75, 3.05) is 13.1 Å². The van der Waals surface area contributed by atoms with Crippen LogP contribution in [0.15, 0.2) is 15.3 Å². The Bertz CT molecular complexity index is 255. The van der Waals surface area contributed by atoms with Gasteiger partial charge in [-0.3, -0.25) is 4.90 Å². The molecule has 0 unspecified atom stereocenters. The van der Waals surface area contributed by atoms with Crippen LogP contribution >= 0.6 is 15.9 Å². The minimum Gasteiger partial charge on any atom is -0.433 e. The number of hydrogen-bond acceptors (Lipinski definition) is 3. The molecule has 1 aromatic rings. The molecular weight excluding hydrogens is 220 g/mol. The van der Waals surface area contributed by atoms with Crippen LogP contribution in [0.5, 0.6) is 0 Å². The van der Waals surface area contributed by atoms with E-state index in [1.807, 2.05) is 0 Å². The second kappa shape index (κ2) is 3.58. The first kappa shape index (κ1) is 8.26. The van der Waals surface area contributed by atoms with Crippen LogP contribution < -0.4 is 0 Å². The second-order valence-electron chi connectivity index (χ2n) is 3.04. The van der Waals surface area contributed by atoms with Crippen molar-refractivity contribution >= 4 is 15.9 Å². The minimum absolute atomic E-state index is 0.719. The predicted molar refractivity (Wildman–Crippen MR) is 48.7 cm³/mol. The fourth-order valence-electron chi connectivity index (χ4n) is 1.49. The van der Waals surface area contributed by atoms with Crippen LogP contribution in [-0.2, 0) is 6.54 Å². The zero-order chi connectivity index (χ0) is 8.39. The van der Waals surface area contributed by atoms with Crippen molar-refractivity contribution < 1.29 is 4.42 Å². The first-order valence-corrected chi connectivity index (χ1v) is 4.96. The summed E-state index contributed by atoms with van der Waals surface area (Å²) in [5, 5.41) is 0. The van der Waals surface area contributed by atoms with Gasteiger partial charge in [0.05, 0.1) is 12.7 Å². The van der Waals surface area contributed by atoms with Crippen molar-refractivity contribution in [3.8, 4) is 0 Å². The largest absolute Gasteiger partial charge is 0.433 e. The molecule has 2 rings (SSSR count). The van der Waals surface area contributed by atoms with Crippen molar-refractivity contribution in [1.29, 1.82) is 0 Å². The summed E-state index contributed by atoms with van der Waals surface area (Å²) in [6.07, 6.45) is 4.31.